The lowest BCUT2D eigenvalue weighted by Gasteiger charge is -2.26. The monoisotopic (exact) mass is 362 g/mol. The number of nitrogens with zero attached hydrogens (tertiary/aromatic N) is 2. The summed E-state index contributed by atoms with van der Waals surface area (Å²) in [5.41, 5.74) is 1.26. The summed E-state index contributed by atoms with van der Waals surface area (Å²) in [4.78, 5) is 5.16. The van der Waals surface area contributed by atoms with E-state index in [-0.39, 0.29) is 0 Å². The molecule has 138 valence electrons. The van der Waals surface area contributed by atoms with Crippen LogP contribution in [0.2, 0.25) is 5.02 Å². The van der Waals surface area contributed by atoms with Crippen LogP contribution in [0.25, 0.3) is 0 Å². The van der Waals surface area contributed by atoms with Gasteiger partial charge < -0.3 is 9.64 Å². The van der Waals surface area contributed by atoms with Crippen LogP contribution in [-0.2, 0) is 11.3 Å². The van der Waals surface area contributed by atoms with Gasteiger partial charge in [-0.15, -0.1) is 0 Å². The maximum atomic E-state index is 6.28. The second kappa shape index (κ2) is 8.39. The van der Waals surface area contributed by atoms with Crippen molar-refractivity contribution < 1.29 is 4.74 Å². The number of piperidine rings is 2. The molecule has 0 unspecified atom stereocenters. The zero-order valence-electron chi connectivity index (χ0n) is 15.2. The Morgan fingerprint density at radius 2 is 1.76 bits per heavy atom. The molecule has 3 fully saturated rings. The fourth-order valence-corrected chi connectivity index (χ4v) is 4.97. The highest BCUT2D eigenvalue weighted by Gasteiger charge is 2.55. The topological polar surface area (TPSA) is 15.7 Å². The molecule has 0 N–H and O–H groups in total. The summed E-state index contributed by atoms with van der Waals surface area (Å²) < 4.78 is 5.99. The molecule has 1 aliphatic carbocycles. The molecule has 0 bridgehead atoms. The minimum atomic E-state index is 0.817. The molecule has 3 aliphatic rings. The molecule has 0 radical (unpaired) electrons. The molecule has 2 saturated heterocycles. The lowest BCUT2D eigenvalue weighted by atomic mass is 10.1. The van der Waals surface area contributed by atoms with Gasteiger partial charge in [0.05, 0.1) is 6.61 Å². The normalized spacial score (nSPS) is 29.7. The Morgan fingerprint density at radius 3 is 2.52 bits per heavy atom. The van der Waals surface area contributed by atoms with Gasteiger partial charge in [0.1, 0.15) is 0 Å². The van der Waals surface area contributed by atoms with E-state index in [9.17, 15) is 0 Å². The van der Waals surface area contributed by atoms with E-state index in [1.165, 1.54) is 64.0 Å². The Hall–Kier alpha value is -0.610. The summed E-state index contributed by atoms with van der Waals surface area (Å²) in [6.45, 7) is 9.18. The van der Waals surface area contributed by atoms with Crippen LogP contribution < -0.4 is 0 Å². The average molecular weight is 363 g/mol. The Labute approximate surface area is 157 Å². The van der Waals surface area contributed by atoms with Crippen LogP contribution in [0, 0.1) is 17.8 Å². The van der Waals surface area contributed by atoms with Crippen molar-refractivity contribution >= 4 is 11.6 Å². The van der Waals surface area contributed by atoms with Crippen LogP contribution in [0.5, 0.6) is 0 Å². The first-order chi connectivity index (χ1) is 12.3. The van der Waals surface area contributed by atoms with Gasteiger partial charge in [-0.3, -0.25) is 4.90 Å². The van der Waals surface area contributed by atoms with Gasteiger partial charge >= 0.3 is 0 Å². The minimum absolute atomic E-state index is 0.817. The van der Waals surface area contributed by atoms with E-state index < -0.39 is 0 Å². The minimum Gasteiger partial charge on any atom is -0.381 e. The molecule has 2 heterocycles. The van der Waals surface area contributed by atoms with Crippen LogP contribution in [0.3, 0.4) is 0 Å². The van der Waals surface area contributed by atoms with Crippen LogP contribution in [-0.4, -0.2) is 55.7 Å². The third-order valence-electron chi connectivity index (χ3n) is 6.32. The first-order valence-electron chi connectivity index (χ1n) is 10.1. The lowest BCUT2D eigenvalue weighted by molar-refractivity contribution is 0.0967. The van der Waals surface area contributed by atoms with Crippen molar-refractivity contribution in [3.8, 4) is 0 Å². The molecule has 0 amide bonds. The third-order valence-corrected chi connectivity index (χ3v) is 6.69. The van der Waals surface area contributed by atoms with E-state index >= 15 is 0 Å². The molecule has 0 aromatic heterocycles. The van der Waals surface area contributed by atoms with E-state index in [0.717, 1.165) is 42.5 Å². The summed E-state index contributed by atoms with van der Waals surface area (Å²) in [7, 11) is 0. The van der Waals surface area contributed by atoms with Gasteiger partial charge in [-0.1, -0.05) is 36.2 Å². The largest absolute Gasteiger partial charge is 0.381 e. The molecule has 3 nitrogen and oxygen atoms in total. The second-order valence-corrected chi connectivity index (χ2v) is 8.52. The lowest BCUT2D eigenvalue weighted by Crippen LogP contribution is -2.31. The van der Waals surface area contributed by atoms with Gasteiger partial charge in [-0.2, -0.15) is 0 Å². The fraction of sp³-hybridized carbons (Fsp3) is 0.714. The molecule has 1 saturated carbocycles. The number of fused-ring (bicyclic) bond motifs is 1. The Kier molecular flexibility index (Phi) is 5.97. The number of rotatable bonds is 8. The smallest absolute Gasteiger partial charge is 0.0500 e. The molecular weight excluding hydrogens is 332 g/mol. The summed E-state index contributed by atoms with van der Waals surface area (Å²) in [6.07, 6.45) is 5.39. The summed E-state index contributed by atoms with van der Waals surface area (Å²) in [5.74, 6) is 2.55. The van der Waals surface area contributed by atoms with E-state index in [0.29, 0.717) is 0 Å². The van der Waals surface area contributed by atoms with Crippen LogP contribution >= 0.6 is 11.6 Å². The third kappa shape index (κ3) is 4.57. The maximum absolute atomic E-state index is 6.28. The molecule has 25 heavy (non-hydrogen) atoms. The van der Waals surface area contributed by atoms with Gasteiger partial charge in [-0.05, 0) is 61.7 Å². The fourth-order valence-electron chi connectivity index (χ4n) is 4.77. The Bertz CT molecular complexity index is 549. The van der Waals surface area contributed by atoms with E-state index in [1.54, 1.807) is 0 Å². The standard InChI is InChI=1S/C21H31ClN2O/c22-21-8-3-2-7-17(21)13-24-14-18-19(15-24)20(18)16-25-12-6-11-23-9-4-1-5-10-23/h2-3,7-8,18-20H,1,4-6,9-16H2/t18-,19+,20+. The molecule has 4 rings (SSSR count). The molecular formula is C21H31ClN2O. The highest BCUT2D eigenvalue weighted by Crippen LogP contribution is 2.52. The zero-order chi connectivity index (χ0) is 17.1. The van der Waals surface area contributed by atoms with E-state index in [4.69, 9.17) is 16.3 Å². The Morgan fingerprint density at radius 1 is 1.00 bits per heavy atom. The average Bonchev–Trinajstić information content (AvgIpc) is 3.09. The SMILES string of the molecule is Clc1ccccc1CN1C[C@@H]2[C@@H](COCCCN3CCCCC3)[C@@H]2C1. The van der Waals surface area contributed by atoms with Gasteiger partial charge in [0.15, 0.2) is 0 Å². The number of hydrogen-bond donors (Lipinski definition) is 0. The van der Waals surface area contributed by atoms with E-state index in [1.807, 2.05) is 12.1 Å². The quantitative estimate of drug-likeness (QED) is 0.652. The molecule has 0 spiro atoms. The van der Waals surface area contributed by atoms with Crippen molar-refractivity contribution in [1.82, 2.24) is 9.80 Å². The number of hydrogen-bond acceptors (Lipinski definition) is 3. The number of ether oxygens (including phenoxy) is 1. The predicted octanol–water partition coefficient (Wildman–Crippen LogP) is 3.91. The van der Waals surface area contributed by atoms with Crippen molar-refractivity contribution in [2.24, 2.45) is 17.8 Å². The molecule has 1 aromatic rings. The Balaban J connectivity index is 1.08. The maximum Gasteiger partial charge on any atom is 0.0500 e. The second-order valence-electron chi connectivity index (χ2n) is 8.11. The molecule has 2 aliphatic heterocycles. The van der Waals surface area contributed by atoms with Gasteiger partial charge in [0.2, 0.25) is 0 Å². The van der Waals surface area contributed by atoms with Crippen molar-refractivity contribution in [1.29, 1.82) is 0 Å². The number of benzene rings is 1. The highest BCUT2D eigenvalue weighted by molar-refractivity contribution is 6.31. The summed E-state index contributed by atoms with van der Waals surface area (Å²) in [5, 5.41) is 0.900. The van der Waals surface area contributed by atoms with Gasteiger partial charge in [0, 0.05) is 37.8 Å². The first kappa shape index (κ1) is 17.8. The van der Waals surface area contributed by atoms with E-state index in [2.05, 4.69) is 21.9 Å². The van der Waals surface area contributed by atoms with Gasteiger partial charge in [-0.25, -0.2) is 0 Å². The summed E-state index contributed by atoms with van der Waals surface area (Å²) in [6, 6.07) is 8.23. The highest BCUT2D eigenvalue weighted by atomic mass is 35.5. The van der Waals surface area contributed by atoms with Crippen LogP contribution in [0.15, 0.2) is 24.3 Å². The van der Waals surface area contributed by atoms with Gasteiger partial charge in [0.25, 0.3) is 0 Å². The zero-order valence-corrected chi connectivity index (χ0v) is 16.0. The summed E-state index contributed by atoms with van der Waals surface area (Å²) >= 11 is 6.28. The number of likely N-dealkylation sites (tertiary alicyclic amines) is 2. The van der Waals surface area contributed by atoms with Crippen molar-refractivity contribution in [3.05, 3.63) is 34.9 Å². The molecule has 4 heteroatoms. The number of halogens is 1. The first-order valence-corrected chi connectivity index (χ1v) is 10.4. The van der Waals surface area contributed by atoms with Crippen molar-refractivity contribution in [2.75, 3.05) is 45.9 Å². The van der Waals surface area contributed by atoms with Crippen LogP contribution in [0.4, 0.5) is 0 Å². The molecule has 3 atom stereocenters. The van der Waals surface area contributed by atoms with Crippen molar-refractivity contribution in [2.45, 2.75) is 32.2 Å². The molecule has 1 aromatic carbocycles. The predicted molar refractivity (Wildman–Crippen MR) is 103 cm³/mol. The van der Waals surface area contributed by atoms with Crippen molar-refractivity contribution in [3.63, 3.8) is 0 Å². The van der Waals surface area contributed by atoms with Crippen LogP contribution in [0.1, 0.15) is 31.2 Å².